The number of carboxylic acid groups (broad SMARTS) is 1. The molecule has 0 fully saturated rings. The number of aromatic nitrogens is 1. The molecule has 3 rings (SSSR count). The fourth-order valence-corrected chi connectivity index (χ4v) is 3.29. The quantitative estimate of drug-likeness (QED) is 0.322. The molecular weight excluding hydrogens is 505 g/mol. The highest BCUT2D eigenvalue weighted by Crippen LogP contribution is 2.36. The van der Waals surface area contributed by atoms with Gasteiger partial charge in [-0.25, -0.2) is 9.59 Å². The molecule has 190 valence electrons. The molecule has 9 nitrogen and oxygen atoms in total. The van der Waals surface area contributed by atoms with Gasteiger partial charge in [0.2, 0.25) is 5.76 Å². The molecule has 0 saturated heterocycles. The minimum atomic E-state index is -4.72. The summed E-state index contributed by atoms with van der Waals surface area (Å²) in [7, 11) is 0. The molecule has 1 aromatic heterocycles. The van der Waals surface area contributed by atoms with Crippen molar-refractivity contribution >= 4 is 40.9 Å². The minimum absolute atomic E-state index is 0.126. The van der Waals surface area contributed by atoms with E-state index >= 15 is 0 Å². The zero-order valence-corrected chi connectivity index (χ0v) is 19.6. The highest BCUT2D eigenvalue weighted by molar-refractivity contribution is 6.30. The van der Waals surface area contributed by atoms with E-state index in [1.807, 2.05) is 0 Å². The van der Waals surface area contributed by atoms with Gasteiger partial charge in [-0.1, -0.05) is 42.7 Å². The molecule has 0 aliphatic rings. The molecule has 0 aliphatic carbocycles. The van der Waals surface area contributed by atoms with E-state index in [-0.39, 0.29) is 28.1 Å². The first-order valence-electron chi connectivity index (χ1n) is 10.4. The van der Waals surface area contributed by atoms with Crippen molar-refractivity contribution in [3.63, 3.8) is 0 Å². The molecule has 0 bridgehead atoms. The number of hydrogen-bond donors (Lipinski definition) is 4. The van der Waals surface area contributed by atoms with E-state index in [1.165, 1.54) is 36.4 Å². The van der Waals surface area contributed by atoms with Crippen LogP contribution in [0.4, 0.5) is 29.3 Å². The standard InChI is InChI=1S/C23H20ClF3N4O5/c1-11(2)19(21(33)34)30-20(32)18-10-17(31-36-18)12-3-6-14(7-4-12)28-22(35)29-16-8-5-13(24)9-15(16)23(25,26)27/h3-11,19H,1-2H3,(H,30,32)(H,33,34)(H2,28,29,35)/t19-/m0/s1. The van der Waals surface area contributed by atoms with Crippen LogP contribution in [0.15, 0.2) is 53.1 Å². The third-order valence-corrected chi connectivity index (χ3v) is 5.16. The van der Waals surface area contributed by atoms with E-state index in [9.17, 15) is 32.7 Å². The number of benzene rings is 2. The number of anilines is 2. The first-order chi connectivity index (χ1) is 16.8. The average Bonchev–Trinajstić information content (AvgIpc) is 3.28. The van der Waals surface area contributed by atoms with Crippen LogP contribution in [-0.2, 0) is 11.0 Å². The Labute approximate surface area is 207 Å². The van der Waals surface area contributed by atoms with Gasteiger partial charge in [-0.3, -0.25) is 4.79 Å². The number of nitrogens with zero attached hydrogens (tertiary/aromatic N) is 1. The van der Waals surface area contributed by atoms with Crippen LogP contribution in [0.3, 0.4) is 0 Å². The topological polar surface area (TPSA) is 134 Å². The van der Waals surface area contributed by atoms with E-state index in [4.69, 9.17) is 16.1 Å². The van der Waals surface area contributed by atoms with Crippen molar-refractivity contribution in [1.82, 2.24) is 10.5 Å². The molecule has 3 amide bonds. The maximum Gasteiger partial charge on any atom is 0.418 e. The largest absolute Gasteiger partial charge is 0.480 e. The van der Waals surface area contributed by atoms with Gasteiger partial charge in [0.15, 0.2) is 0 Å². The molecule has 4 N–H and O–H groups in total. The minimum Gasteiger partial charge on any atom is -0.480 e. The zero-order chi connectivity index (χ0) is 26.6. The molecular formula is C23H20ClF3N4O5. The number of alkyl halides is 3. The van der Waals surface area contributed by atoms with Gasteiger partial charge in [0, 0.05) is 22.3 Å². The first kappa shape index (κ1) is 26.5. The van der Waals surface area contributed by atoms with Crippen LogP contribution >= 0.6 is 11.6 Å². The van der Waals surface area contributed by atoms with E-state index in [0.29, 0.717) is 11.6 Å². The summed E-state index contributed by atoms with van der Waals surface area (Å²) >= 11 is 5.63. The molecule has 0 spiro atoms. The van der Waals surface area contributed by atoms with Crippen molar-refractivity contribution in [3.8, 4) is 11.3 Å². The number of nitrogens with one attached hydrogen (secondary N) is 3. The lowest BCUT2D eigenvalue weighted by molar-refractivity contribution is -0.140. The molecule has 3 aromatic rings. The fourth-order valence-electron chi connectivity index (χ4n) is 3.11. The second-order valence-corrected chi connectivity index (χ2v) is 8.39. The summed E-state index contributed by atoms with van der Waals surface area (Å²) in [6.07, 6.45) is -4.72. The first-order valence-corrected chi connectivity index (χ1v) is 10.8. The highest BCUT2D eigenvalue weighted by atomic mass is 35.5. The Morgan fingerprint density at radius 1 is 1.03 bits per heavy atom. The molecule has 36 heavy (non-hydrogen) atoms. The summed E-state index contributed by atoms with van der Waals surface area (Å²) in [4.78, 5) is 35.8. The van der Waals surface area contributed by atoms with Gasteiger partial charge in [-0.2, -0.15) is 13.2 Å². The average molecular weight is 525 g/mol. The van der Waals surface area contributed by atoms with Gasteiger partial charge in [0.05, 0.1) is 11.3 Å². The van der Waals surface area contributed by atoms with Gasteiger partial charge in [0.25, 0.3) is 5.91 Å². The number of carboxylic acids is 1. The molecule has 0 radical (unpaired) electrons. The van der Waals surface area contributed by atoms with E-state index in [1.54, 1.807) is 13.8 Å². The molecule has 0 aliphatic heterocycles. The number of aliphatic carboxylic acids is 1. The SMILES string of the molecule is CC(C)[C@H](NC(=O)c1cc(-c2ccc(NC(=O)Nc3ccc(Cl)cc3C(F)(F)F)cc2)no1)C(=O)O. The van der Waals surface area contributed by atoms with Gasteiger partial charge in [-0.05, 0) is 36.2 Å². The molecule has 0 saturated carbocycles. The number of rotatable bonds is 7. The van der Waals surface area contributed by atoms with E-state index in [0.717, 1.165) is 6.07 Å². The lowest BCUT2D eigenvalue weighted by atomic mass is 10.0. The van der Waals surface area contributed by atoms with Crippen LogP contribution in [0.25, 0.3) is 11.3 Å². The van der Waals surface area contributed by atoms with Crippen LogP contribution in [-0.4, -0.2) is 34.2 Å². The Hall–Kier alpha value is -4.06. The van der Waals surface area contributed by atoms with E-state index < -0.39 is 41.4 Å². The highest BCUT2D eigenvalue weighted by Gasteiger charge is 2.34. The predicted octanol–water partition coefficient (Wildman–Crippen LogP) is 5.50. The smallest absolute Gasteiger partial charge is 0.418 e. The lowest BCUT2D eigenvalue weighted by Crippen LogP contribution is -2.44. The Balaban J connectivity index is 1.66. The molecule has 13 heteroatoms. The number of urea groups is 1. The van der Waals surface area contributed by atoms with Crippen molar-refractivity contribution in [3.05, 3.63) is 64.9 Å². The summed E-state index contributed by atoms with van der Waals surface area (Å²) in [5.41, 5.74) is -0.518. The van der Waals surface area contributed by atoms with Gasteiger partial charge < -0.3 is 25.6 Å². The van der Waals surface area contributed by atoms with Crippen LogP contribution in [0.2, 0.25) is 5.02 Å². The summed E-state index contributed by atoms with van der Waals surface area (Å²) in [5, 5.41) is 19.8. The zero-order valence-electron chi connectivity index (χ0n) is 18.8. The number of amides is 3. The van der Waals surface area contributed by atoms with E-state index in [2.05, 4.69) is 21.1 Å². The Morgan fingerprint density at radius 2 is 1.69 bits per heavy atom. The van der Waals surface area contributed by atoms with Crippen LogP contribution in [0.1, 0.15) is 30.0 Å². The maximum absolute atomic E-state index is 13.2. The summed E-state index contributed by atoms with van der Waals surface area (Å²) in [6, 6.07) is 8.29. The van der Waals surface area contributed by atoms with Gasteiger partial charge >= 0.3 is 18.2 Å². The van der Waals surface area contributed by atoms with Crippen LogP contribution in [0.5, 0.6) is 0 Å². The third kappa shape index (κ3) is 6.54. The van der Waals surface area contributed by atoms with Crippen molar-refractivity contribution in [2.75, 3.05) is 10.6 Å². The van der Waals surface area contributed by atoms with Crippen molar-refractivity contribution in [2.24, 2.45) is 5.92 Å². The molecule has 0 unspecified atom stereocenters. The lowest BCUT2D eigenvalue weighted by Gasteiger charge is -2.16. The third-order valence-electron chi connectivity index (χ3n) is 4.93. The van der Waals surface area contributed by atoms with Crippen molar-refractivity contribution in [1.29, 1.82) is 0 Å². The normalized spacial score (nSPS) is 12.2. The summed E-state index contributed by atoms with van der Waals surface area (Å²) in [6.45, 7) is 3.29. The fraction of sp³-hybridized carbons (Fsp3) is 0.217. The molecule has 2 aromatic carbocycles. The number of halogens is 4. The van der Waals surface area contributed by atoms with Crippen molar-refractivity contribution < 1.29 is 37.2 Å². The van der Waals surface area contributed by atoms with Gasteiger partial charge in [0.1, 0.15) is 11.7 Å². The predicted molar refractivity (Wildman–Crippen MR) is 125 cm³/mol. The summed E-state index contributed by atoms with van der Waals surface area (Å²) < 4.78 is 44.6. The second kappa shape index (κ2) is 10.7. The van der Waals surface area contributed by atoms with Gasteiger partial charge in [-0.15, -0.1) is 0 Å². The van der Waals surface area contributed by atoms with Crippen molar-refractivity contribution in [2.45, 2.75) is 26.1 Å². The Bertz CT molecular complexity index is 1280. The second-order valence-electron chi connectivity index (χ2n) is 7.95. The monoisotopic (exact) mass is 524 g/mol. The Kier molecular flexibility index (Phi) is 7.88. The molecule has 1 atom stereocenters. The molecule has 1 heterocycles. The summed E-state index contributed by atoms with van der Waals surface area (Å²) in [5.74, 6) is -2.48. The number of hydrogen-bond acceptors (Lipinski definition) is 5. The van der Waals surface area contributed by atoms with Crippen LogP contribution < -0.4 is 16.0 Å². The number of carbonyl (C=O) groups is 3. The van der Waals surface area contributed by atoms with Crippen LogP contribution in [0, 0.1) is 5.92 Å². The number of carbonyl (C=O) groups excluding carboxylic acids is 2. The Morgan fingerprint density at radius 3 is 2.28 bits per heavy atom. The maximum atomic E-state index is 13.2.